The van der Waals surface area contributed by atoms with Gasteiger partial charge < -0.3 is 41.3 Å². The number of carbonyl (C=O) groups is 4. The molecule has 4 rings (SSSR count). The van der Waals surface area contributed by atoms with E-state index in [2.05, 4.69) is 31.2 Å². The molecule has 0 radical (unpaired) electrons. The van der Waals surface area contributed by atoms with Gasteiger partial charge in [-0.1, -0.05) is 100 Å². The summed E-state index contributed by atoms with van der Waals surface area (Å²) in [5.41, 5.74) is 2.91. The van der Waals surface area contributed by atoms with Crippen LogP contribution < -0.4 is 21.3 Å². The summed E-state index contributed by atoms with van der Waals surface area (Å²) in [7, 11) is 3.21. The number of pyridine rings is 2. The van der Waals surface area contributed by atoms with Gasteiger partial charge in [0.25, 0.3) is 0 Å². The number of nitrogens with one attached hydrogen (secondary N) is 4. The lowest BCUT2D eigenvalue weighted by Gasteiger charge is -2.35. The van der Waals surface area contributed by atoms with E-state index in [1.54, 1.807) is 78.4 Å². The number of carbonyl (C=O) groups excluding carboxylic acids is 4. The summed E-state index contributed by atoms with van der Waals surface area (Å²) in [6, 6.07) is 24.2. The Labute approximate surface area is 341 Å². The molecule has 0 spiro atoms. The fourth-order valence-corrected chi connectivity index (χ4v) is 6.44. The van der Waals surface area contributed by atoms with Crippen molar-refractivity contribution in [1.82, 2.24) is 41.0 Å². The number of aromatic nitrogens is 2. The Bertz CT molecular complexity index is 1730. The van der Waals surface area contributed by atoms with Gasteiger partial charge in [0.1, 0.15) is 24.3 Å². The van der Waals surface area contributed by atoms with E-state index < -0.39 is 60.3 Å². The second-order valence-corrected chi connectivity index (χ2v) is 15.3. The van der Waals surface area contributed by atoms with Crippen molar-refractivity contribution >= 4 is 23.9 Å². The van der Waals surface area contributed by atoms with Gasteiger partial charge in [0, 0.05) is 26.5 Å². The summed E-state index contributed by atoms with van der Waals surface area (Å²) in [5.74, 6) is -1.79. The van der Waals surface area contributed by atoms with Gasteiger partial charge in [0.05, 0.1) is 36.6 Å². The van der Waals surface area contributed by atoms with Crippen LogP contribution in [0.15, 0.2) is 109 Å². The van der Waals surface area contributed by atoms with Crippen LogP contribution in [0, 0.1) is 11.8 Å². The van der Waals surface area contributed by atoms with E-state index >= 15 is 0 Å². The van der Waals surface area contributed by atoms with Crippen molar-refractivity contribution < 1.29 is 29.4 Å². The molecular formula is C44H58N8O6. The smallest absolute Gasteiger partial charge is 0.318 e. The van der Waals surface area contributed by atoms with Crippen LogP contribution in [0.1, 0.15) is 50.2 Å². The van der Waals surface area contributed by atoms with E-state index in [1.807, 2.05) is 72.8 Å². The maximum Gasteiger partial charge on any atom is 0.318 e. The van der Waals surface area contributed by atoms with Crippen molar-refractivity contribution in [2.45, 2.75) is 90.0 Å². The Morgan fingerprint density at radius 1 is 0.534 bits per heavy atom. The van der Waals surface area contributed by atoms with Gasteiger partial charge in [-0.3, -0.25) is 19.6 Å². The molecule has 0 saturated carbocycles. The molecule has 0 aliphatic heterocycles. The maximum absolute atomic E-state index is 14.0. The number of aliphatic hydroxyl groups is 2. The molecule has 6 atom stereocenters. The highest BCUT2D eigenvalue weighted by molar-refractivity contribution is 5.88. The van der Waals surface area contributed by atoms with E-state index in [0.717, 1.165) is 11.1 Å². The van der Waals surface area contributed by atoms with Crippen molar-refractivity contribution in [3.8, 4) is 0 Å². The van der Waals surface area contributed by atoms with Crippen molar-refractivity contribution in [3.63, 3.8) is 0 Å². The number of nitrogens with zero attached hydrogens (tertiary/aromatic N) is 4. The van der Waals surface area contributed by atoms with Gasteiger partial charge >= 0.3 is 12.1 Å². The van der Waals surface area contributed by atoms with Crippen LogP contribution in [0.25, 0.3) is 0 Å². The monoisotopic (exact) mass is 794 g/mol. The van der Waals surface area contributed by atoms with Crippen LogP contribution in [0.3, 0.4) is 0 Å². The van der Waals surface area contributed by atoms with Crippen LogP contribution in [0.2, 0.25) is 0 Å². The molecule has 58 heavy (non-hydrogen) atoms. The van der Waals surface area contributed by atoms with Gasteiger partial charge in [0.2, 0.25) is 11.8 Å². The number of hydrogen-bond donors (Lipinski definition) is 6. The first-order valence-corrected chi connectivity index (χ1v) is 19.6. The number of hydrogen-bond acceptors (Lipinski definition) is 8. The fourth-order valence-electron chi connectivity index (χ4n) is 6.44. The van der Waals surface area contributed by atoms with Crippen molar-refractivity contribution in [2.75, 3.05) is 14.1 Å². The predicted octanol–water partition coefficient (Wildman–Crippen LogP) is 3.69. The highest BCUT2D eigenvalue weighted by Crippen LogP contribution is 2.17. The summed E-state index contributed by atoms with van der Waals surface area (Å²) in [6.45, 7) is 7.63. The minimum absolute atomic E-state index is 0.127. The van der Waals surface area contributed by atoms with Gasteiger partial charge in [-0.05, 0) is 60.1 Å². The van der Waals surface area contributed by atoms with Gasteiger partial charge in [-0.25, -0.2) is 9.59 Å². The second kappa shape index (κ2) is 22.2. The Kier molecular flexibility index (Phi) is 17.1. The zero-order valence-electron chi connectivity index (χ0n) is 34.2. The third-order valence-electron chi connectivity index (χ3n) is 9.83. The van der Waals surface area contributed by atoms with Gasteiger partial charge in [-0.2, -0.15) is 0 Å². The fraction of sp³-hybridized carbons (Fsp3) is 0.409. The molecular weight excluding hydrogens is 737 g/mol. The van der Waals surface area contributed by atoms with E-state index in [0.29, 0.717) is 11.4 Å². The third kappa shape index (κ3) is 13.7. The summed E-state index contributed by atoms with van der Waals surface area (Å²) < 4.78 is 0. The topological polar surface area (TPSA) is 189 Å². The Morgan fingerprint density at radius 3 is 1.19 bits per heavy atom. The Morgan fingerprint density at radius 2 is 0.879 bits per heavy atom. The highest BCUT2D eigenvalue weighted by Gasteiger charge is 2.38. The summed E-state index contributed by atoms with van der Waals surface area (Å²) in [4.78, 5) is 66.0. The minimum atomic E-state index is -1.59. The van der Waals surface area contributed by atoms with Crippen LogP contribution in [-0.4, -0.2) is 104 Å². The maximum atomic E-state index is 14.0. The predicted molar refractivity (Wildman–Crippen MR) is 222 cm³/mol. The van der Waals surface area contributed by atoms with Crippen LogP contribution in [0.5, 0.6) is 0 Å². The first kappa shape index (κ1) is 44.8. The lowest BCUT2D eigenvalue weighted by molar-refractivity contribution is -0.129. The summed E-state index contributed by atoms with van der Waals surface area (Å²) in [5, 5.41) is 35.5. The molecule has 0 bridgehead atoms. The first-order chi connectivity index (χ1) is 27.7. The first-order valence-electron chi connectivity index (χ1n) is 19.6. The molecule has 6 N–H and O–H groups in total. The zero-order valence-corrected chi connectivity index (χ0v) is 34.2. The normalized spacial score (nSPS) is 14.3. The standard InChI is InChI=1S/C44H58N8O6/c1-29(2)37(49-43(57)51(5)27-33-21-13-15-23-45-33)41(55)47-35(25-31-17-9-7-10-18-31)39(53)40(54)36(26-32-19-11-8-12-20-32)48-42(56)38(30(3)4)50-44(58)52(6)28-34-22-14-16-24-46-34/h7-24,29-30,35-40,53-54H,25-28H2,1-6H3,(H,47,55)(H,48,56)(H,49,57)(H,50,58)/t35-,36-,37?,38?,39-,40+/m0/s1. The van der Waals surface area contributed by atoms with Gasteiger partial charge in [-0.15, -0.1) is 0 Å². The Hall–Kier alpha value is -5.86. The molecule has 2 heterocycles. The molecule has 4 aromatic rings. The van der Waals surface area contributed by atoms with E-state index in [-0.39, 0.29) is 37.8 Å². The quantitative estimate of drug-likeness (QED) is 0.0829. The summed E-state index contributed by atoms with van der Waals surface area (Å²) >= 11 is 0. The summed E-state index contributed by atoms with van der Waals surface area (Å²) in [6.07, 6.45) is 0.347. The number of aliphatic hydroxyl groups excluding tert-OH is 2. The van der Waals surface area contributed by atoms with E-state index in [1.165, 1.54) is 9.80 Å². The van der Waals surface area contributed by atoms with E-state index in [9.17, 15) is 29.4 Å². The minimum Gasteiger partial charge on any atom is -0.388 e. The van der Waals surface area contributed by atoms with Crippen LogP contribution >= 0.6 is 0 Å². The van der Waals surface area contributed by atoms with Crippen molar-refractivity contribution in [3.05, 3.63) is 132 Å². The number of urea groups is 2. The molecule has 14 heteroatoms. The average molecular weight is 795 g/mol. The molecule has 0 aliphatic rings. The molecule has 6 amide bonds. The zero-order chi connectivity index (χ0) is 42.2. The molecule has 0 aliphatic carbocycles. The molecule has 2 aromatic carbocycles. The molecule has 2 unspecified atom stereocenters. The molecule has 0 saturated heterocycles. The number of rotatable bonds is 19. The van der Waals surface area contributed by atoms with Crippen LogP contribution in [-0.2, 0) is 35.5 Å². The highest BCUT2D eigenvalue weighted by atomic mass is 16.3. The molecule has 310 valence electrons. The third-order valence-corrected chi connectivity index (χ3v) is 9.83. The molecule has 14 nitrogen and oxygen atoms in total. The average Bonchev–Trinajstić information content (AvgIpc) is 3.21. The van der Waals surface area contributed by atoms with E-state index in [4.69, 9.17) is 0 Å². The SMILES string of the molecule is CC(C)C(NC(=O)N(C)Cc1ccccn1)C(=O)N[C@@H](Cc1ccccc1)[C@H](O)[C@H](O)[C@H](Cc1ccccc1)NC(=O)C(NC(=O)N(C)Cc1ccccn1)C(C)C. The lowest BCUT2D eigenvalue weighted by atomic mass is 9.90. The number of benzene rings is 2. The van der Waals surface area contributed by atoms with Crippen molar-refractivity contribution in [1.29, 1.82) is 0 Å². The number of amides is 6. The largest absolute Gasteiger partial charge is 0.388 e. The molecule has 2 aromatic heterocycles. The molecule has 0 fully saturated rings. The van der Waals surface area contributed by atoms with Gasteiger partial charge in [0.15, 0.2) is 0 Å². The van der Waals surface area contributed by atoms with Crippen LogP contribution in [0.4, 0.5) is 9.59 Å². The lowest BCUT2D eigenvalue weighted by Crippen LogP contribution is -2.62. The second-order valence-electron chi connectivity index (χ2n) is 15.3. The Balaban J connectivity index is 1.56. The van der Waals surface area contributed by atoms with Crippen molar-refractivity contribution in [2.24, 2.45) is 11.8 Å².